The van der Waals surface area contributed by atoms with Crippen molar-refractivity contribution in [3.8, 4) is 0 Å². The lowest BCUT2D eigenvalue weighted by Gasteiger charge is -2.07. The molecule has 0 bridgehead atoms. The van der Waals surface area contributed by atoms with Crippen molar-refractivity contribution in [2.45, 2.75) is 5.75 Å². The zero-order valence-electron chi connectivity index (χ0n) is 8.32. The second-order valence-electron chi connectivity index (χ2n) is 3.18. The van der Waals surface area contributed by atoms with E-state index in [4.69, 9.17) is 14.8 Å². The van der Waals surface area contributed by atoms with E-state index in [0.717, 1.165) is 12.1 Å². The molecule has 0 saturated heterocycles. The zero-order valence-corrected chi connectivity index (χ0v) is 9.14. The number of hydrogen-bond acceptors (Lipinski definition) is 4. The van der Waals surface area contributed by atoms with Gasteiger partial charge < -0.3 is 10.2 Å². The summed E-state index contributed by atoms with van der Waals surface area (Å²) in [6, 6.07) is 3.37. The molecular formula is C9H8O7S. The SMILES string of the molecule is O=C(O)c1cccc(CS(=O)(=O)O)c1C(=O)O. The first-order valence-electron chi connectivity index (χ1n) is 4.26. The lowest BCUT2D eigenvalue weighted by molar-refractivity contribution is 0.0650. The molecule has 0 aliphatic heterocycles. The molecule has 7 nitrogen and oxygen atoms in total. The second-order valence-corrected chi connectivity index (χ2v) is 4.63. The molecule has 0 saturated carbocycles. The predicted octanol–water partition coefficient (Wildman–Crippen LogP) is 0.471. The van der Waals surface area contributed by atoms with E-state index in [1.165, 1.54) is 6.07 Å². The van der Waals surface area contributed by atoms with Crippen molar-refractivity contribution in [1.29, 1.82) is 0 Å². The highest BCUT2D eigenvalue weighted by Gasteiger charge is 2.22. The molecule has 0 unspecified atom stereocenters. The molecule has 1 aromatic rings. The van der Waals surface area contributed by atoms with Crippen molar-refractivity contribution >= 4 is 22.1 Å². The highest BCUT2D eigenvalue weighted by Crippen LogP contribution is 2.17. The molecule has 1 rings (SSSR count). The smallest absolute Gasteiger partial charge is 0.336 e. The molecule has 0 radical (unpaired) electrons. The first-order valence-corrected chi connectivity index (χ1v) is 5.87. The lowest BCUT2D eigenvalue weighted by atomic mass is 10.0. The van der Waals surface area contributed by atoms with Gasteiger partial charge in [0, 0.05) is 0 Å². The summed E-state index contributed by atoms with van der Waals surface area (Å²) >= 11 is 0. The lowest BCUT2D eigenvalue weighted by Crippen LogP contribution is -2.14. The highest BCUT2D eigenvalue weighted by atomic mass is 32.2. The number of carboxylic acids is 2. The van der Waals surface area contributed by atoms with Crippen LogP contribution in [0.15, 0.2) is 18.2 Å². The van der Waals surface area contributed by atoms with Crippen LogP contribution in [-0.4, -0.2) is 35.1 Å². The monoisotopic (exact) mass is 260 g/mol. The summed E-state index contributed by atoms with van der Waals surface area (Å²) in [5.74, 6) is -4.00. The Hall–Kier alpha value is -1.93. The Morgan fingerprint density at radius 3 is 2.12 bits per heavy atom. The summed E-state index contributed by atoms with van der Waals surface area (Å²) in [7, 11) is -4.43. The normalized spacial score (nSPS) is 11.1. The molecule has 0 aliphatic carbocycles. The maximum atomic E-state index is 10.9. The Bertz CT molecular complexity index is 573. The standard InChI is InChI=1S/C9H8O7S/c10-8(11)6-3-1-2-5(4-17(14,15)16)7(6)9(12)13/h1-3H,4H2,(H,10,11)(H,12,13)(H,14,15,16). The molecule has 92 valence electrons. The van der Waals surface area contributed by atoms with E-state index in [-0.39, 0.29) is 5.56 Å². The van der Waals surface area contributed by atoms with Gasteiger partial charge in [0.05, 0.1) is 11.1 Å². The second kappa shape index (κ2) is 4.52. The fourth-order valence-electron chi connectivity index (χ4n) is 1.35. The van der Waals surface area contributed by atoms with Crippen LogP contribution in [0.5, 0.6) is 0 Å². The van der Waals surface area contributed by atoms with Gasteiger partial charge in [-0.05, 0) is 11.6 Å². The number of carbonyl (C=O) groups is 2. The molecule has 3 N–H and O–H groups in total. The Balaban J connectivity index is 3.46. The van der Waals surface area contributed by atoms with Crippen LogP contribution in [0.3, 0.4) is 0 Å². The van der Waals surface area contributed by atoms with Gasteiger partial charge in [0.1, 0.15) is 5.75 Å². The van der Waals surface area contributed by atoms with E-state index >= 15 is 0 Å². The van der Waals surface area contributed by atoms with Crippen molar-refractivity contribution < 1.29 is 32.8 Å². The molecule has 0 fully saturated rings. The summed E-state index contributed by atoms with van der Waals surface area (Å²) in [6.07, 6.45) is 0. The van der Waals surface area contributed by atoms with Crippen LogP contribution in [0, 0.1) is 0 Å². The van der Waals surface area contributed by atoms with E-state index in [1.807, 2.05) is 0 Å². The molecule has 0 heterocycles. The summed E-state index contributed by atoms with van der Waals surface area (Å²) in [5, 5.41) is 17.6. The fourth-order valence-corrected chi connectivity index (χ4v) is 1.98. The average molecular weight is 260 g/mol. The summed E-state index contributed by atoms with van der Waals surface area (Å²) < 4.78 is 30.0. The number of benzene rings is 1. The van der Waals surface area contributed by atoms with Gasteiger partial charge in [-0.3, -0.25) is 4.55 Å². The molecule has 0 amide bonds. The first-order chi connectivity index (χ1) is 7.72. The summed E-state index contributed by atoms with van der Waals surface area (Å²) in [6.45, 7) is 0. The van der Waals surface area contributed by atoms with Crippen LogP contribution < -0.4 is 0 Å². The molecular weight excluding hydrogens is 252 g/mol. The molecule has 0 spiro atoms. The number of aromatic carboxylic acids is 2. The zero-order chi connectivity index (χ0) is 13.2. The van der Waals surface area contributed by atoms with Crippen molar-refractivity contribution in [2.24, 2.45) is 0 Å². The van der Waals surface area contributed by atoms with Crippen molar-refractivity contribution in [3.63, 3.8) is 0 Å². The average Bonchev–Trinajstić information content (AvgIpc) is 2.14. The van der Waals surface area contributed by atoms with Gasteiger partial charge in [0.15, 0.2) is 0 Å². The number of rotatable bonds is 4. The predicted molar refractivity (Wildman–Crippen MR) is 55.6 cm³/mol. The topological polar surface area (TPSA) is 129 Å². The van der Waals surface area contributed by atoms with Gasteiger partial charge >= 0.3 is 11.9 Å². The van der Waals surface area contributed by atoms with E-state index < -0.39 is 38.9 Å². The largest absolute Gasteiger partial charge is 0.478 e. The van der Waals surface area contributed by atoms with Crippen LogP contribution in [0.2, 0.25) is 0 Å². The van der Waals surface area contributed by atoms with Crippen molar-refractivity contribution in [3.05, 3.63) is 34.9 Å². The van der Waals surface area contributed by atoms with E-state index in [9.17, 15) is 18.0 Å². The van der Waals surface area contributed by atoms with Gasteiger partial charge in [-0.2, -0.15) is 8.42 Å². The third-order valence-electron chi connectivity index (χ3n) is 1.93. The van der Waals surface area contributed by atoms with Crippen LogP contribution >= 0.6 is 0 Å². The molecule has 0 atom stereocenters. The molecule has 1 aromatic carbocycles. The van der Waals surface area contributed by atoms with E-state index in [1.54, 1.807) is 0 Å². The first kappa shape index (κ1) is 13.1. The quantitative estimate of drug-likeness (QED) is 0.671. The van der Waals surface area contributed by atoms with Crippen LogP contribution in [0.1, 0.15) is 26.3 Å². The minimum Gasteiger partial charge on any atom is -0.478 e. The Morgan fingerprint density at radius 1 is 1.12 bits per heavy atom. The van der Waals surface area contributed by atoms with Crippen molar-refractivity contribution in [2.75, 3.05) is 0 Å². The fraction of sp³-hybridized carbons (Fsp3) is 0.111. The molecule has 8 heteroatoms. The summed E-state index contributed by atoms with van der Waals surface area (Å²) in [4.78, 5) is 21.7. The third kappa shape index (κ3) is 3.26. The van der Waals surface area contributed by atoms with Gasteiger partial charge in [-0.1, -0.05) is 12.1 Å². The highest BCUT2D eigenvalue weighted by molar-refractivity contribution is 7.85. The minimum atomic E-state index is -4.43. The van der Waals surface area contributed by atoms with E-state index in [2.05, 4.69) is 0 Å². The third-order valence-corrected chi connectivity index (χ3v) is 2.61. The number of carboxylic acid groups (broad SMARTS) is 2. The Kier molecular flexibility index (Phi) is 3.49. The molecule has 0 aromatic heterocycles. The van der Waals surface area contributed by atoms with Crippen LogP contribution in [-0.2, 0) is 15.9 Å². The molecule has 0 aliphatic rings. The maximum absolute atomic E-state index is 10.9. The van der Waals surface area contributed by atoms with Crippen LogP contribution in [0.4, 0.5) is 0 Å². The van der Waals surface area contributed by atoms with Gasteiger partial charge in [0.2, 0.25) is 0 Å². The Morgan fingerprint density at radius 2 is 1.71 bits per heavy atom. The van der Waals surface area contributed by atoms with E-state index in [0.29, 0.717) is 0 Å². The maximum Gasteiger partial charge on any atom is 0.336 e. The van der Waals surface area contributed by atoms with Gasteiger partial charge in [-0.25, -0.2) is 9.59 Å². The van der Waals surface area contributed by atoms with Crippen LogP contribution in [0.25, 0.3) is 0 Å². The van der Waals surface area contributed by atoms with Gasteiger partial charge in [-0.15, -0.1) is 0 Å². The minimum absolute atomic E-state index is 0.278. The van der Waals surface area contributed by atoms with Gasteiger partial charge in [0.25, 0.3) is 10.1 Å². The molecule has 17 heavy (non-hydrogen) atoms. The Labute approximate surface area is 96.1 Å². The summed E-state index contributed by atoms with van der Waals surface area (Å²) in [5.41, 5.74) is -1.45. The number of hydrogen-bond donors (Lipinski definition) is 3. The van der Waals surface area contributed by atoms with Crippen molar-refractivity contribution in [1.82, 2.24) is 0 Å².